The van der Waals surface area contributed by atoms with Gasteiger partial charge in [-0.3, -0.25) is 0 Å². The summed E-state index contributed by atoms with van der Waals surface area (Å²) in [6.45, 7) is 4.73. The van der Waals surface area contributed by atoms with E-state index in [1.54, 1.807) is 25.4 Å². The van der Waals surface area contributed by atoms with Crippen LogP contribution in [-0.4, -0.2) is 61.1 Å². The lowest BCUT2D eigenvalue weighted by Crippen LogP contribution is -2.44. The molecule has 0 atom stereocenters. The van der Waals surface area contributed by atoms with Gasteiger partial charge in [-0.1, -0.05) is 12.1 Å². The number of amides is 2. The van der Waals surface area contributed by atoms with Gasteiger partial charge >= 0.3 is 6.03 Å². The number of pyridine rings is 1. The number of rotatable bonds is 5. The molecule has 7 heteroatoms. The van der Waals surface area contributed by atoms with E-state index < -0.39 is 0 Å². The van der Waals surface area contributed by atoms with E-state index in [2.05, 4.69) is 27.1 Å². The van der Waals surface area contributed by atoms with E-state index in [4.69, 9.17) is 0 Å². The van der Waals surface area contributed by atoms with Crippen molar-refractivity contribution in [3.05, 3.63) is 59.5 Å². The molecule has 1 aliphatic heterocycles. The number of aromatic nitrogens is 1. The Morgan fingerprint density at radius 3 is 2.70 bits per heavy atom. The van der Waals surface area contributed by atoms with Gasteiger partial charge in [0.1, 0.15) is 11.6 Å². The summed E-state index contributed by atoms with van der Waals surface area (Å²) in [6, 6.07) is 10.0. The van der Waals surface area contributed by atoms with Crippen LogP contribution in [0.3, 0.4) is 0 Å². The van der Waals surface area contributed by atoms with E-state index in [0.717, 1.165) is 43.1 Å². The molecule has 0 radical (unpaired) electrons. The van der Waals surface area contributed by atoms with Crippen LogP contribution in [0.25, 0.3) is 0 Å². The van der Waals surface area contributed by atoms with E-state index >= 15 is 0 Å². The number of nitrogens with one attached hydrogen (secondary N) is 1. The zero-order valence-corrected chi connectivity index (χ0v) is 15.9. The summed E-state index contributed by atoms with van der Waals surface area (Å²) in [5.74, 6) is 0.650. The number of nitrogens with zero attached hydrogens (tertiary/aromatic N) is 4. The van der Waals surface area contributed by atoms with Crippen molar-refractivity contribution < 1.29 is 9.18 Å². The van der Waals surface area contributed by atoms with Crippen LogP contribution < -0.4 is 10.2 Å². The molecule has 2 heterocycles. The predicted octanol–water partition coefficient (Wildman–Crippen LogP) is 2.31. The van der Waals surface area contributed by atoms with Crippen LogP contribution in [0.2, 0.25) is 0 Å². The Labute approximate surface area is 159 Å². The number of urea groups is 1. The number of anilines is 1. The molecule has 3 rings (SSSR count). The van der Waals surface area contributed by atoms with E-state index in [0.29, 0.717) is 13.1 Å². The quantitative estimate of drug-likeness (QED) is 0.876. The Balaban J connectivity index is 1.53. The molecule has 1 aromatic carbocycles. The second kappa shape index (κ2) is 8.81. The minimum Gasteiger partial charge on any atom is -0.354 e. The highest BCUT2D eigenvalue weighted by atomic mass is 19.1. The zero-order valence-electron chi connectivity index (χ0n) is 15.9. The average Bonchev–Trinajstić information content (AvgIpc) is 2.67. The summed E-state index contributed by atoms with van der Waals surface area (Å²) in [7, 11) is 3.82. The smallest absolute Gasteiger partial charge is 0.317 e. The van der Waals surface area contributed by atoms with Gasteiger partial charge in [-0.25, -0.2) is 14.2 Å². The summed E-state index contributed by atoms with van der Waals surface area (Å²) in [5, 5.41) is 2.91. The molecule has 27 heavy (non-hydrogen) atoms. The first-order valence-electron chi connectivity index (χ1n) is 9.13. The highest BCUT2D eigenvalue weighted by molar-refractivity contribution is 5.73. The van der Waals surface area contributed by atoms with Crippen molar-refractivity contribution in [2.75, 3.05) is 45.2 Å². The Morgan fingerprint density at radius 1 is 1.19 bits per heavy atom. The Morgan fingerprint density at radius 2 is 1.96 bits per heavy atom. The second-order valence-corrected chi connectivity index (χ2v) is 6.96. The molecule has 2 aromatic rings. The molecule has 1 aliphatic rings. The van der Waals surface area contributed by atoms with Gasteiger partial charge in [-0.15, -0.1) is 0 Å². The van der Waals surface area contributed by atoms with Crippen molar-refractivity contribution >= 4 is 11.8 Å². The average molecular weight is 371 g/mol. The number of halogens is 1. The van der Waals surface area contributed by atoms with E-state index in [9.17, 15) is 9.18 Å². The first kappa shape index (κ1) is 19.1. The summed E-state index contributed by atoms with van der Waals surface area (Å²) in [4.78, 5) is 22.9. The first-order chi connectivity index (χ1) is 13.0. The summed E-state index contributed by atoms with van der Waals surface area (Å²) in [6.07, 6.45) is 1.78. The molecule has 6 nitrogen and oxygen atoms in total. The monoisotopic (exact) mass is 371 g/mol. The van der Waals surface area contributed by atoms with Gasteiger partial charge in [0.2, 0.25) is 0 Å². The van der Waals surface area contributed by atoms with Crippen LogP contribution in [0.15, 0.2) is 42.6 Å². The largest absolute Gasteiger partial charge is 0.354 e. The fourth-order valence-electron chi connectivity index (χ4n) is 3.07. The molecule has 0 bridgehead atoms. The summed E-state index contributed by atoms with van der Waals surface area (Å²) >= 11 is 0. The maximum absolute atomic E-state index is 13.3. The molecular weight excluding hydrogens is 345 g/mol. The second-order valence-electron chi connectivity index (χ2n) is 6.96. The Kier molecular flexibility index (Phi) is 6.24. The van der Waals surface area contributed by atoms with Crippen molar-refractivity contribution in [1.82, 2.24) is 20.1 Å². The molecule has 0 saturated carbocycles. The third kappa shape index (κ3) is 5.40. The van der Waals surface area contributed by atoms with Gasteiger partial charge in [0.25, 0.3) is 0 Å². The number of carbonyl (C=O) groups excluding carboxylic acids is 1. The minimum absolute atomic E-state index is 0.197. The van der Waals surface area contributed by atoms with Crippen LogP contribution in [0.4, 0.5) is 15.0 Å². The van der Waals surface area contributed by atoms with Crippen molar-refractivity contribution in [2.45, 2.75) is 13.1 Å². The van der Waals surface area contributed by atoms with Gasteiger partial charge in [-0.05, 0) is 42.4 Å². The normalized spacial score (nSPS) is 14.9. The van der Waals surface area contributed by atoms with Crippen molar-refractivity contribution in [1.29, 1.82) is 0 Å². The molecule has 0 unspecified atom stereocenters. The minimum atomic E-state index is -0.297. The first-order valence-corrected chi connectivity index (χ1v) is 9.13. The summed E-state index contributed by atoms with van der Waals surface area (Å²) < 4.78 is 13.3. The maximum atomic E-state index is 13.3. The van der Waals surface area contributed by atoms with E-state index in [-0.39, 0.29) is 11.8 Å². The molecule has 2 amide bonds. The van der Waals surface area contributed by atoms with Crippen LogP contribution in [-0.2, 0) is 13.1 Å². The molecule has 1 N–H and O–H groups in total. The molecule has 1 saturated heterocycles. The van der Waals surface area contributed by atoms with Crippen LogP contribution in [0.5, 0.6) is 0 Å². The lowest BCUT2D eigenvalue weighted by Gasteiger charge is -2.33. The number of likely N-dealkylation sites (N-methyl/N-ethyl adjacent to an activating group) is 1. The predicted molar refractivity (Wildman–Crippen MR) is 104 cm³/mol. The molecule has 1 fully saturated rings. The maximum Gasteiger partial charge on any atom is 0.317 e. The molecule has 144 valence electrons. The van der Waals surface area contributed by atoms with Crippen molar-refractivity contribution in [2.24, 2.45) is 0 Å². The fourth-order valence-corrected chi connectivity index (χ4v) is 3.07. The molecule has 1 aromatic heterocycles. The Hall–Kier alpha value is -2.67. The van der Waals surface area contributed by atoms with Crippen LogP contribution in [0.1, 0.15) is 11.1 Å². The SMILES string of the molecule is CN1CCN(c2cc(CNC(=O)N(C)Cc3cccc(F)c3)ccn2)CC1. The summed E-state index contributed by atoms with van der Waals surface area (Å²) in [5.41, 5.74) is 1.76. The van der Waals surface area contributed by atoms with Gasteiger partial charge in [0.15, 0.2) is 0 Å². The van der Waals surface area contributed by atoms with Crippen LogP contribution >= 0.6 is 0 Å². The van der Waals surface area contributed by atoms with E-state index in [1.165, 1.54) is 17.0 Å². The lowest BCUT2D eigenvalue weighted by atomic mass is 10.2. The number of piperazine rings is 1. The molecular formula is C20H26FN5O. The molecule has 0 aliphatic carbocycles. The van der Waals surface area contributed by atoms with Gasteiger partial charge in [0.05, 0.1) is 0 Å². The topological polar surface area (TPSA) is 51.7 Å². The van der Waals surface area contributed by atoms with Gasteiger partial charge in [-0.2, -0.15) is 0 Å². The number of hydrogen-bond acceptors (Lipinski definition) is 4. The lowest BCUT2D eigenvalue weighted by molar-refractivity contribution is 0.206. The van der Waals surface area contributed by atoms with Crippen LogP contribution in [0, 0.1) is 5.82 Å². The van der Waals surface area contributed by atoms with Gasteiger partial charge in [0, 0.05) is 52.5 Å². The number of benzene rings is 1. The van der Waals surface area contributed by atoms with Gasteiger partial charge < -0.3 is 20.0 Å². The molecule has 0 spiro atoms. The van der Waals surface area contributed by atoms with E-state index in [1.807, 2.05) is 12.1 Å². The van der Waals surface area contributed by atoms with Crippen molar-refractivity contribution in [3.8, 4) is 0 Å². The third-order valence-corrected chi connectivity index (χ3v) is 4.74. The number of carbonyl (C=O) groups is 1. The highest BCUT2D eigenvalue weighted by Crippen LogP contribution is 2.15. The fraction of sp³-hybridized carbons (Fsp3) is 0.400. The van der Waals surface area contributed by atoms with Crippen molar-refractivity contribution in [3.63, 3.8) is 0 Å². The standard InChI is InChI=1S/C20H26FN5O/c1-24-8-10-26(11-9-24)19-13-16(6-7-22-19)14-23-20(27)25(2)15-17-4-3-5-18(21)12-17/h3-7,12-13H,8-11,14-15H2,1-2H3,(H,23,27). The Bertz CT molecular complexity index is 776. The third-order valence-electron chi connectivity index (χ3n) is 4.74. The number of hydrogen-bond donors (Lipinski definition) is 1. The zero-order chi connectivity index (χ0) is 19.2. The highest BCUT2D eigenvalue weighted by Gasteiger charge is 2.15.